The van der Waals surface area contributed by atoms with E-state index in [0.29, 0.717) is 0 Å². The molecular formula is C13H18N2O2. The Kier molecular flexibility index (Phi) is 3.61. The Hall–Kier alpha value is -1.58. The molecule has 1 aliphatic rings. The second kappa shape index (κ2) is 5.17. The van der Waals surface area contributed by atoms with Gasteiger partial charge in [-0.05, 0) is 37.8 Å². The number of carbonyl (C=O) groups is 1. The molecule has 0 aromatic carbocycles. The molecule has 0 saturated heterocycles. The van der Waals surface area contributed by atoms with E-state index in [-0.39, 0.29) is 5.69 Å². The fourth-order valence-electron chi connectivity index (χ4n) is 2.10. The highest BCUT2D eigenvalue weighted by Crippen LogP contribution is 2.28. The number of pyridine rings is 1. The molecule has 1 N–H and O–H groups in total. The van der Waals surface area contributed by atoms with Crippen molar-refractivity contribution in [1.82, 2.24) is 4.98 Å². The predicted molar refractivity (Wildman–Crippen MR) is 66.4 cm³/mol. The lowest BCUT2D eigenvalue weighted by molar-refractivity contribution is 0.0690. The maximum Gasteiger partial charge on any atom is 0.354 e. The highest BCUT2D eigenvalue weighted by Gasteiger charge is 2.20. The van der Waals surface area contributed by atoms with Gasteiger partial charge in [0, 0.05) is 13.1 Å². The lowest BCUT2D eigenvalue weighted by Crippen LogP contribution is -2.32. The van der Waals surface area contributed by atoms with Gasteiger partial charge in [0.1, 0.15) is 5.69 Å². The summed E-state index contributed by atoms with van der Waals surface area (Å²) in [4.78, 5) is 16.9. The van der Waals surface area contributed by atoms with Gasteiger partial charge in [0.15, 0.2) is 0 Å². The van der Waals surface area contributed by atoms with Crippen LogP contribution in [0, 0.1) is 5.92 Å². The van der Waals surface area contributed by atoms with Gasteiger partial charge in [-0.1, -0.05) is 6.42 Å². The molecule has 0 radical (unpaired) electrons. The molecule has 1 saturated carbocycles. The summed E-state index contributed by atoms with van der Waals surface area (Å²) in [6.45, 7) is 4.11. The van der Waals surface area contributed by atoms with E-state index in [4.69, 9.17) is 5.11 Å². The van der Waals surface area contributed by atoms with E-state index in [2.05, 4.69) is 16.8 Å². The van der Waals surface area contributed by atoms with E-state index >= 15 is 0 Å². The zero-order chi connectivity index (χ0) is 12.3. The molecule has 0 amide bonds. The quantitative estimate of drug-likeness (QED) is 0.850. The molecule has 0 bridgehead atoms. The lowest BCUT2D eigenvalue weighted by Gasteiger charge is -2.32. The molecule has 1 heterocycles. The second-order valence-corrected chi connectivity index (χ2v) is 4.54. The number of carboxylic acid groups (broad SMARTS) is 1. The van der Waals surface area contributed by atoms with Crippen molar-refractivity contribution < 1.29 is 9.90 Å². The highest BCUT2D eigenvalue weighted by molar-refractivity contribution is 5.85. The molecule has 17 heavy (non-hydrogen) atoms. The van der Waals surface area contributed by atoms with Crippen molar-refractivity contribution in [2.75, 3.05) is 18.0 Å². The van der Waals surface area contributed by atoms with Crippen molar-refractivity contribution >= 4 is 11.7 Å². The zero-order valence-electron chi connectivity index (χ0n) is 10.1. The molecule has 0 spiro atoms. The number of anilines is 1. The van der Waals surface area contributed by atoms with Gasteiger partial charge in [0.05, 0.1) is 11.9 Å². The van der Waals surface area contributed by atoms with Crippen LogP contribution in [0.4, 0.5) is 5.69 Å². The number of nitrogens with zero attached hydrogens (tertiary/aromatic N) is 2. The molecule has 0 unspecified atom stereocenters. The summed E-state index contributed by atoms with van der Waals surface area (Å²) in [6.07, 6.45) is 5.64. The summed E-state index contributed by atoms with van der Waals surface area (Å²) in [6, 6.07) is 3.42. The smallest absolute Gasteiger partial charge is 0.354 e. The Morgan fingerprint density at radius 3 is 2.71 bits per heavy atom. The standard InChI is InChI=1S/C13H18N2O2/c1-2-15(9-10-4-3-5-10)11-6-7-12(13(16)17)14-8-11/h6-8,10H,2-5,9H2,1H3,(H,16,17). The van der Waals surface area contributed by atoms with Crippen molar-refractivity contribution in [2.45, 2.75) is 26.2 Å². The number of aromatic nitrogens is 1. The maximum absolute atomic E-state index is 10.7. The van der Waals surface area contributed by atoms with Crippen molar-refractivity contribution in [3.05, 3.63) is 24.0 Å². The SMILES string of the molecule is CCN(CC1CCC1)c1ccc(C(=O)O)nc1. The fourth-order valence-corrected chi connectivity index (χ4v) is 2.10. The average Bonchev–Trinajstić information content (AvgIpc) is 2.28. The minimum atomic E-state index is -0.974. The van der Waals surface area contributed by atoms with Gasteiger partial charge in [0.2, 0.25) is 0 Å². The number of aromatic carboxylic acids is 1. The van der Waals surface area contributed by atoms with Crippen LogP contribution in [0.25, 0.3) is 0 Å². The third-order valence-corrected chi connectivity index (χ3v) is 3.42. The molecule has 0 aliphatic heterocycles. The van der Waals surface area contributed by atoms with Gasteiger partial charge in [-0.15, -0.1) is 0 Å². The molecule has 92 valence electrons. The first kappa shape index (κ1) is 11.9. The van der Waals surface area contributed by atoms with Crippen LogP contribution >= 0.6 is 0 Å². The molecular weight excluding hydrogens is 216 g/mol. The summed E-state index contributed by atoms with van der Waals surface area (Å²) in [7, 11) is 0. The number of hydrogen-bond acceptors (Lipinski definition) is 3. The van der Waals surface area contributed by atoms with Crippen LogP contribution in [-0.2, 0) is 0 Å². The van der Waals surface area contributed by atoms with Crippen molar-refractivity contribution in [3.63, 3.8) is 0 Å². The highest BCUT2D eigenvalue weighted by atomic mass is 16.4. The molecule has 2 rings (SSSR count). The average molecular weight is 234 g/mol. The topological polar surface area (TPSA) is 53.4 Å². The van der Waals surface area contributed by atoms with Crippen LogP contribution in [0.5, 0.6) is 0 Å². The summed E-state index contributed by atoms with van der Waals surface area (Å²) in [5.41, 5.74) is 1.12. The normalized spacial score (nSPS) is 15.4. The van der Waals surface area contributed by atoms with Crippen LogP contribution in [-0.4, -0.2) is 29.1 Å². The molecule has 4 heteroatoms. The van der Waals surface area contributed by atoms with Crippen molar-refractivity contribution in [3.8, 4) is 0 Å². The molecule has 4 nitrogen and oxygen atoms in total. The van der Waals surface area contributed by atoms with E-state index < -0.39 is 5.97 Å². The Morgan fingerprint density at radius 1 is 1.53 bits per heavy atom. The van der Waals surface area contributed by atoms with Gasteiger partial charge in [-0.25, -0.2) is 9.78 Å². The molecule has 1 aromatic heterocycles. The zero-order valence-corrected chi connectivity index (χ0v) is 10.1. The van der Waals surface area contributed by atoms with Gasteiger partial charge < -0.3 is 10.0 Å². The van der Waals surface area contributed by atoms with Crippen LogP contribution in [0.15, 0.2) is 18.3 Å². The largest absolute Gasteiger partial charge is 0.477 e. The van der Waals surface area contributed by atoms with E-state index in [0.717, 1.165) is 24.7 Å². The number of carboxylic acids is 1. The van der Waals surface area contributed by atoms with Crippen LogP contribution < -0.4 is 4.90 Å². The van der Waals surface area contributed by atoms with Crippen LogP contribution in [0.3, 0.4) is 0 Å². The Labute approximate surface area is 101 Å². The Bertz CT molecular complexity index is 385. The molecule has 1 aromatic rings. The number of hydrogen-bond donors (Lipinski definition) is 1. The van der Waals surface area contributed by atoms with E-state index in [1.807, 2.05) is 6.07 Å². The third kappa shape index (κ3) is 2.75. The van der Waals surface area contributed by atoms with Crippen LogP contribution in [0.2, 0.25) is 0 Å². The molecule has 0 atom stereocenters. The van der Waals surface area contributed by atoms with E-state index in [1.165, 1.54) is 19.3 Å². The Morgan fingerprint density at radius 2 is 2.29 bits per heavy atom. The van der Waals surface area contributed by atoms with Crippen molar-refractivity contribution in [1.29, 1.82) is 0 Å². The van der Waals surface area contributed by atoms with Gasteiger partial charge >= 0.3 is 5.97 Å². The number of rotatable bonds is 5. The predicted octanol–water partition coefficient (Wildman–Crippen LogP) is 2.41. The second-order valence-electron chi connectivity index (χ2n) is 4.54. The van der Waals surface area contributed by atoms with E-state index in [1.54, 1.807) is 12.3 Å². The molecule has 1 fully saturated rings. The van der Waals surface area contributed by atoms with Gasteiger partial charge in [0.25, 0.3) is 0 Å². The first-order valence-corrected chi connectivity index (χ1v) is 6.15. The maximum atomic E-state index is 10.7. The van der Waals surface area contributed by atoms with Crippen molar-refractivity contribution in [2.24, 2.45) is 5.92 Å². The first-order valence-electron chi connectivity index (χ1n) is 6.15. The summed E-state index contributed by atoms with van der Waals surface area (Å²) >= 11 is 0. The van der Waals surface area contributed by atoms with Gasteiger partial charge in [-0.2, -0.15) is 0 Å². The third-order valence-electron chi connectivity index (χ3n) is 3.42. The fraction of sp³-hybridized carbons (Fsp3) is 0.538. The molecule has 1 aliphatic carbocycles. The minimum absolute atomic E-state index is 0.105. The summed E-state index contributed by atoms with van der Waals surface area (Å²) in [5.74, 6) is -0.173. The summed E-state index contributed by atoms with van der Waals surface area (Å²) < 4.78 is 0. The summed E-state index contributed by atoms with van der Waals surface area (Å²) in [5, 5.41) is 8.79. The first-order chi connectivity index (χ1) is 8.20. The van der Waals surface area contributed by atoms with Gasteiger partial charge in [-0.3, -0.25) is 0 Å². The minimum Gasteiger partial charge on any atom is -0.477 e. The van der Waals surface area contributed by atoms with Crippen LogP contribution in [0.1, 0.15) is 36.7 Å². The Balaban J connectivity index is 2.04. The monoisotopic (exact) mass is 234 g/mol. The lowest BCUT2D eigenvalue weighted by atomic mass is 9.85. The van der Waals surface area contributed by atoms with E-state index in [9.17, 15) is 4.79 Å².